The summed E-state index contributed by atoms with van der Waals surface area (Å²) in [6, 6.07) is 8.62. The molecule has 1 aliphatic carbocycles. The smallest absolute Gasteiger partial charge is 0.234 e. The Morgan fingerprint density at radius 1 is 1.33 bits per heavy atom. The number of hydrogen-bond acceptors (Lipinski definition) is 2. The molecule has 1 aromatic rings. The number of nitrogens with one attached hydrogen (secondary N) is 1. The van der Waals surface area contributed by atoms with Gasteiger partial charge in [0.05, 0.1) is 12.6 Å². The molecule has 3 nitrogen and oxygen atoms in total. The van der Waals surface area contributed by atoms with Crippen LogP contribution in [0.5, 0.6) is 0 Å². The van der Waals surface area contributed by atoms with Crippen molar-refractivity contribution in [1.82, 2.24) is 10.2 Å². The van der Waals surface area contributed by atoms with Crippen LogP contribution in [-0.2, 0) is 11.2 Å². The standard InChI is InChI=1S/C15H22N2O/c1-3-17(4-2)11-15(18)16-14-10-9-12-7-5-6-8-13(12)14/h5-8,14H,3-4,9-11H2,1-2H3,(H,16,18)/t14-/m0/s1. The van der Waals surface area contributed by atoms with Gasteiger partial charge in [0.1, 0.15) is 0 Å². The van der Waals surface area contributed by atoms with Crippen LogP contribution in [0.1, 0.15) is 37.4 Å². The second kappa shape index (κ2) is 6.01. The van der Waals surface area contributed by atoms with Crippen molar-refractivity contribution in [2.45, 2.75) is 32.7 Å². The SMILES string of the molecule is CCN(CC)CC(=O)N[C@H]1CCc2ccccc21. The molecule has 18 heavy (non-hydrogen) atoms. The quantitative estimate of drug-likeness (QED) is 0.863. The van der Waals surface area contributed by atoms with E-state index in [-0.39, 0.29) is 11.9 Å². The lowest BCUT2D eigenvalue weighted by Crippen LogP contribution is -2.38. The summed E-state index contributed by atoms with van der Waals surface area (Å²) in [6.07, 6.45) is 2.11. The molecule has 1 aromatic carbocycles. The normalized spacial score (nSPS) is 17.8. The first-order chi connectivity index (χ1) is 8.74. The van der Waals surface area contributed by atoms with Gasteiger partial charge < -0.3 is 5.32 Å². The maximum Gasteiger partial charge on any atom is 0.234 e. The van der Waals surface area contributed by atoms with Crippen LogP contribution >= 0.6 is 0 Å². The predicted molar refractivity (Wildman–Crippen MR) is 73.4 cm³/mol. The molecule has 0 heterocycles. The highest BCUT2D eigenvalue weighted by molar-refractivity contribution is 5.78. The molecular weight excluding hydrogens is 224 g/mol. The molecule has 98 valence electrons. The summed E-state index contributed by atoms with van der Waals surface area (Å²) >= 11 is 0. The van der Waals surface area contributed by atoms with E-state index in [0.717, 1.165) is 25.9 Å². The van der Waals surface area contributed by atoms with E-state index < -0.39 is 0 Å². The maximum absolute atomic E-state index is 12.0. The van der Waals surface area contributed by atoms with Crippen LogP contribution in [0.15, 0.2) is 24.3 Å². The first-order valence-corrected chi connectivity index (χ1v) is 6.84. The molecule has 1 atom stereocenters. The molecule has 0 aromatic heterocycles. The first kappa shape index (κ1) is 13.1. The average Bonchev–Trinajstić information content (AvgIpc) is 2.79. The first-order valence-electron chi connectivity index (χ1n) is 6.84. The van der Waals surface area contributed by atoms with E-state index in [9.17, 15) is 4.79 Å². The maximum atomic E-state index is 12.0. The highest BCUT2D eigenvalue weighted by Gasteiger charge is 2.23. The van der Waals surface area contributed by atoms with Crippen molar-refractivity contribution in [3.63, 3.8) is 0 Å². The van der Waals surface area contributed by atoms with Crippen molar-refractivity contribution < 1.29 is 4.79 Å². The second-order valence-corrected chi connectivity index (χ2v) is 4.82. The molecule has 0 bridgehead atoms. The lowest BCUT2D eigenvalue weighted by atomic mass is 10.1. The van der Waals surface area contributed by atoms with Crippen LogP contribution < -0.4 is 5.32 Å². The summed E-state index contributed by atoms with van der Waals surface area (Å²) < 4.78 is 0. The van der Waals surface area contributed by atoms with E-state index >= 15 is 0 Å². The van der Waals surface area contributed by atoms with Gasteiger partial charge in [0.2, 0.25) is 5.91 Å². The van der Waals surface area contributed by atoms with Crippen molar-refractivity contribution in [3.05, 3.63) is 35.4 Å². The Morgan fingerprint density at radius 3 is 2.78 bits per heavy atom. The number of aryl methyl sites for hydroxylation is 1. The lowest BCUT2D eigenvalue weighted by Gasteiger charge is -2.20. The Balaban J connectivity index is 1.93. The zero-order valence-corrected chi connectivity index (χ0v) is 11.3. The Hall–Kier alpha value is -1.35. The summed E-state index contributed by atoms with van der Waals surface area (Å²) in [5.74, 6) is 0.139. The second-order valence-electron chi connectivity index (χ2n) is 4.82. The average molecular weight is 246 g/mol. The Bertz CT molecular complexity index is 413. The number of fused-ring (bicyclic) bond motifs is 1. The van der Waals surface area contributed by atoms with E-state index in [1.807, 2.05) is 6.07 Å². The number of likely N-dealkylation sites (N-methyl/N-ethyl adjacent to an activating group) is 1. The number of benzene rings is 1. The van der Waals surface area contributed by atoms with Gasteiger partial charge in [-0.25, -0.2) is 0 Å². The Kier molecular flexibility index (Phi) is 4.37. The molecule has 0 radical (unpaired) electrons. The molecule has 3 heteroatoms. The number of rotatable bonds is 5. The van der Waals surface area contributed by atoms with Crippen LogP contribution in [0.25, 0.3) is 0 Å². The molecule has 0 aliphatic heterocycles. The number of nitrogens with zero attached hydrogens (tertiary/aromatic N) is 1. The third-order valence-electron chi connectivity index (χ3n) is 3.73. The minimum absolute atomic E-state index is 0.139. The molecule has 1 N–H and O–H groups in total. The molecule has 0 saturated carbocycles. The highest BCUT2D eigenvalue weighted by Crippen LogP contribution is 2.30. The molecule has 0 saturated heterocycles. The van der Waals surface area contributed by atoms with E-state index in [1.165, 1.54) is 11.1 Å². The molecule has 0 spiro atoms. The van der Waals surface area contributed by atoms with E-state index in [2.05, 4.69) is 42.3 Å². The fraction of sp³-hybridized carbons (Fsp3) is 0.533. The molecular formula is C15H22N2O. The fourth-order valence-electron chi connectivity index (χ4n) is 2.60. The molecule has 0 fully saturated rings. The van der Waals surface area contributed by atoms with E-state index in [0.29, 0.717) is 6.54 Å². The van der Waals surface area contributed by atoms with Crippen molar-refractivity contribution in [2.24, 2.45) is 0 Å². The minimum atomic E-state index is 0.139. The third kappa shape index (κ3) is 2.91. The van der Waals surface area contributed by atoms with Crippen LogP contribution in [0.3, 0.4) is 0 Å². The third-order valence-corrected chi connectivity index (χ3v) is 3.73. The van der Waals surface area contributed by atoms with Crippen LogP contribution in [-0.4, -0.2) is 30.4 Å². The molecule has 0 unspecified atom stereocenters. The lowest BCUT2D eigenvalue weighted by molar-refractivity contribution is -0.122. The molecule has 1 amide bonds. The number of amides is 1. The fourth-order valence-corrected chi connectivity index (χ4v) is 2.60. The highest BCUT2D eigenvalue weighted by atomic mass is 16.2. The minimum Gasteiger partial charge on any atom is -0.348 e. The number of hydrogen-bond donors (Lipinski definition) is 1. The van der Waals surface area contributed by atoms with Gasteiger partial charge in [-0.05, 0) is 37.1 Å². The van der Waals surface area contributed by atoms with Crippen molar-refractivity contribution in [1.29, 1.82) is 0 Å². The van der Waals surface area contributed by atoms with Gasteiger partial charge in [-0.1, -0.05) is 38.1 Å². The zero-order chi connectivity index (χ0) is 13.0. The Morgan fingerprint density at radius 2 is 2.06 bits per heavy atom. The predicted octanol–water partition coefficient (Wildman–Crippen LogP) is 2.13. The van der Waals surface area contributed by atoms with Gasteiger partial charge in [-0.15, -0.1) is 0 Å². The summed E-state index contributed by atoms with van der Waals surface area (Å²) in [6.45, 7) is 6.52. The van der Waals surface area contributed by atoms with Crippen molar-refractivity contribution >= 4 is 5.91 Å². The largest absolute Gasteiger partial charge is 0.348 e. The summed E-state index contributed by atoms with van der Waals surface area (Å²) in [7, 11) is 0. The van der Waals surface area contributed by atoms with Gasteiger partial charge in [-0.2, -0.15) is 0 Å². The summed E-state index contributed by atoms with van der Waals surface area (Å²) in [4.78, 5) is 14.1. The number of carbonyl (C=O) groups is 1. The van der Waals surface area contributed by atoms with Crippen LogP contribution in [0.4, 0.5) is 0 Å². The summed E-state index contributed by atoms with van der Waals surface area (Å²) in [5.41, 5.74) is 2.68. The number of carbonyl (C=O) groups excluding carboxylic acids is 1. The zero-order valence-electron chi connectivity index (χ0n) is 11.3. The monoisotopic (exact) mass is 246 g/mol. The molecule has 1 aliphatic rings. The summed E-state index contributed by atoms with van der Waals surface area (Å²) in [5, 5.41) is 3.15. The van der Waals surface area contributed by atoms with Gasteiger partial charge in [0, 0.05) is 0 Å². The van der Waals surface area contributed by atoms with Gasteiger partial charge in [0.25, 0.3) is 0 Å². The van der Waals surface area contributed by atoms with Crippen molar-refractivity contribution in [2.75, 3.05) is 19.6 Å². The van der Waals surface area contributed by atoms with Crippen LogP contribution in [0.2, 0.25) is 0 Å². The topological polar surface area (TPSA) is 32.3 Å². The van der Waals surface area contributed by atoms with Gasteiger partial charge in [0.15, 0.2) is 0 Å². The molecule has 2 rings (SSSR count). The van der Waals surface area contributed by atoms with E-state index in [1.54, 1.807) is 0 Å². The van der Waals surface area contributed by atoms with Crippen molar-refractivity contribution in [3.8, 4) is 0 Å². The van der Waals surface area contributed by atoms with Crippen LogP contribution in [0, 0.1) is 0 Å². The Labute approximate surface area is 109 Å². The van der Waals surface area contributed by atoms with Gasteiger partial charge in [-0.3, -0.25) is 9.69 Å². The van der Waals surface area contributed by atoms with E-state index in [4.69, 9.17) is 0 Å². The van der Waals surface area contributed by atoms with Gasteiger partial charge >= 0.3 is 0 Å².